The van der Waals surface area contributed by atoms with Crippen LogP contribution in [0.3, 0.4) is 0 Å². The zero-order valence-electron chi connectivity index (χ0n) is 15.7. The van der Waals surface area contributed by atoms with Gasteiger partial charge in [-0.3, -0.25) is 4.90 Å². The molecule has 0 unspecified atom stereocenters. The van der Waals surface area contributed by atoms with Crippen LogP contribution in [0.15, 0.2) is 47.1 Å². The topological polar surface area (TPSA) is 45.4 Å². The average molecular weight is 362 g/mol. The van der Waals surface area contributed by atoms with Crippen LogP contribution in [0.4, 0.5) is 5.82 Å². The minimum Gasteiger partial charge on any atom is -0.461 e. The first-order chi connectivity index (χ1) is 13.4. The highest BCUT2D eigenvalue weighted by molar-refractivity contribution is 5.90. The maximum atomic E-state index is 5.56. The third-order valence-corrected chi connectivity index (χ3v) is 6.03. The van der Waals surface area contributed by atoms with E-state index >= 15 is 0 Å². The van der Waals surface area contributed by atoms with Gasteiger partial charge in [0, 0.05) is 37.6 Å². The number of benzene rings is 1. The summed E-state index contributed by atoms with van der Waals surface area (Å²) in [5, 5.41) is 1.12. The molecular weight excluding hydrogens is 336 g/mol. The van der Waals surface area contributed by atoms with Crippen LogP contribution in [-0.4, -0.2) is 47.1 Å². The van der Waals surface area contributed by atoms with E-state index in [4.69, 9.17) is 14.4 Å². The minimum absolute atomic E-state index is 0.670. The zero-order valence-corrected chi connectivity index (χ0v) is 15.7. The number of furan rings is 1. The molecule has 1 saturated heterocycles. The average Bonchev–Trinajstić information content (AvgIpc) is 3.29. The predicted octanol–water partition coefficient (Wildman–Crippen LogP) is 4.34. The number of fused-ring (bicyclic) bond motifs is 1. The maximum Gasteiger partial charge on any atom is 0.198 e. The number of piperazine rings is 1. The van der Waals surface area contributed by atoms with Gasteiger partial charge in [0.05, 0.1) is 11.8 Å². The minimum atomic E-state index is 0.670. The van der Waals surface area contributed by atoms with Crippen molar-refractivity contribution in [2.24, 2.45) is 0 Å². The van der Waals surface area contributed by atoms with Crippen LogP contribution in [0.2, 0.25) is 0 Å². The van der Waals surface area contributed by atoms with E-state index in [1.807, 2.05) is 18.2 Å². The lowest BCUT2D eigenvalue weighted by Gasteiger charge is -2.41. The van der Waals surface area contributed by atoms with Crippen LogP contribution >= 0.6 is 0 Å². The molecule has 0 spiro atoms. The van der Waals surface area contributed by atoms with Gasteiger partial charge in [0.25, 0.3) is 0 Å². The van der Waals surface area contributed by atoms with Crippen molar-refractivity contribution in [1.29, 1.82) is 0 Å². The molecule has 140 valence electrons. The van der Waals surface area contributed by atoms with Crippen LogP contribution < -0.4 is 4.90 Å². The lowest BCUT2D eigenvalue weighted by Crippen LogP contribution is -2.51. The summed E-state index contributed by atoms with van der Waals surface area (Å²) in [6.07, 6.45) is 8.63. The summed E-state index contributed by atoms with van der Waals surface area (Å²) in [5.41, 5.74) is 0.976. The second kappa shape index (κ2) is 7.31. The summed E-state index contributed by atoms with van der Waals surface area (Å²) in [6, 6.07) is 12.9. The van der Waals surface area contributed by atoms with Gasteiger partial charge in [-0.1, -0.05) is 31.4 Å². The van der Waals surface area contributed by atoms with Crippen molar-refractivity contribution in [3.05, 3.63) is 42.7 Å². The molecule has 5 rings (SSSR count). The highest BCUT2D eigenvalue weighted by atomic mass is 16.3. The van der Waals surface area contributed by atoms with Gasteiger partial charge in [0.1, 0.15) is 5.82 Å². The number of nitrogens with zero attached hydrogens (tertiary/aromatic N) is 4. The Bertz CT molecular complexity index is 894. The molecule has 0 bridgehead atoms. The van der Waals surface area contributed by atoms with E-state index in [1.54, 1.807) is 6.26 Å². The van der Waals surface area contributed by atoms with Gasteiger partial charge in [-0.05, 0) is 37.1 Å². The van der Waals surface area contributed by atoms with E-state index in [1.165, 1.54) is 32.1 Å². The normalized spacial score (nSPS) is 19.6. The molecule has 2 aliphatic rings. The number of anilines is 1. The third-order valence-electron chi connectivity index (χ3n) is 6.03. The molecule has 2 aromatic heterocycles. The van der Waals surface area contributed by atoms with Gasteiger partial charge >= 0.3 is 0 Å². The predicted molar refractivity (Wildman–Crippen MR) is 108 cm³/mol. The number of para-hydroxylation sites is 1. The number of hydrogen-bond acceptors (Lipinski definition) is 5. The molecule has 2 fully saturated rings. The van der Waals surface area contributed by atoms with Gasteiger partial charge in [0.2, 0.25) is 0 Å². The van der Waals surface area contributed by atoms with E-state index < -0.39 is 0 Å². The molecule has 0 atom stereocenters. The van der Waals surface area contributed by atoms with Crippen molar-refractivity contribution >= 4 is 16.7 Å². The summed E-state index contributed by atoms with van der Waals surface area (Å²) in [5.74, 6) is 2.43. The van der Waals surface area contributed by atoms with Crippen molar-refractivity contribution in [3.8, 4) is 11.6 Å². The number of rotatable bonds is 3. The Kier molecular flexibility index (Phi) is 4.54. The van der Waals surface area contributed by atoms with Crippen molar-refractivity contribution < 1.29 is 4.42 Å². The molecule has 1 aromatic carbocycles. The van der Waals surface area contributed by atoms with Crippen LogP contribution in [0, 0.1) is 0 Å². The lowest BCUT2D eigenvalue weighted by molar-refractivity contribution is 0.148. The Hall–Kier alpha value is -2.40. The Labute approximate surface area is 160 Å². The fraction of sp³-hybridized carbons (Fsp3) is 0.455. The maximum absolute atomic E-state index is 5.56. The lowest BCUT2D eigenvalue weighted by atomic mass is 9.94. The molecule has 5 heteroatoms. The first-order valence-electron chi connectivity index (χ1n) is 10.2. The van der Waals surface area contributed by atoms with Gasteiger partial charge in [-0.2, -0.15) is 0 Å². The largest absolute Gasteiger partial charge is 0.461 e. The van der Waals surface area contributed by atoms with Crippen molar-refractivity contribution in [1.82, 2.24) is 14.9 Å². The van der Waals surface area contributed by atoms with E-state index in [2.05, 4.69) is 28.0 Å². The summed E-state index contributed by atoms with van der Waals surface area (Å²) >= 11 is 0. The molecule has 1 aliphatic carbocycles. The molecule has 1 aliphatic heterocycles. The highest BCUT2D eigenvalue weighted by Gasteiger charge is 2.26. The Morgan fingerprint density at radius 3 is 2.44 bits per heavy atom. The smallest absolute Gasteiger partial charge is 0.198 e. The van der Waals surface area contributed by atoms with Gasteiger partial charge in [-0.25, -0.2) is 9.97 Å². The first kappa shape index (κ1) is 16.8. The summed E-state index contributed by atoms with van der Waals surface area (Å²) in [7, 11) is 0. The number of aromatic nitrogens is 2. The highest BCUT2D eigenvalue weighted by Crippen LogP contribution is 2.30. The second-order valence-electron chi connectivity index (χ2n) is 7.68. The molecular formula is C22H26N4O. The van der Waals surface area contributed by atoms with Crippen LogP contribution in [-0.2, 0) is 0 Å². The van der Waals surface area contributed by atoms with Crippen LogP contribution in [0.5, 0.6) is 0 Å². The van der Waals surface area contributed by atoms with E-state index in [9.17, 15) is 0 Å². The summed E-state index contributed by atoms with van der Waals surface area (Å²) < 4.78 is 5.56. The van der Waals surface area contributed by atoms with Crippen molar-refractivity contribution in [2.75, 3.05) is 31.1 Å². The standard InChI is InChI=1S/C22H26N4O/c1-2-7-17(8-3-1)25-12-14-26(15-13-25)22-18-9-4-5-10-19(18)23-21(24-22)20-11-6-16-27-20/h4-6,9-11,16-17H,1-3,7-8,12-15H2. The van der Waals surface area contributed by atoms with E-state index in [0.717, 1.165) is 54.7 Å². The SMILES string of the molecule is c1coc(-c2nc(N3CCN(C4CCCCC4)CC3)c3ccccc3n2)c1. The summed E-state index contributed by atoms with van der Waals surface area (Å²) in [4.78, 5) is 14.8. The van der Waals surface area contributed by atoms with E-state index in [0.29, 0.717) is 5.82 Å². The molecule has 0 amide bonds. The van der Waals surface area contributed by atoms with Gasteiger partial charge in [0.15, 0.2) is 11.6 Å². The monoisotopic (exact) mass is 362 g/mol. The molecule has 3 aromatic rings. The third kappa shape index (κ3) is 3.32. The molecule has 0 radical (unpaired) electrons. The van der Waals surface area contributed by atoms with Crippen LogP contribution in [0.25, 0.3) is 22.5 Å². The van der Waals surface area contributed by atoms with Crippen molar-refractivity contribution in [3.63, 3.8) is 0 Å². The van der Waals surface area contributed by atoms with E-state index in [-0.39, 0.29) is 0 Å². The fourth-order valence-corrected chi connectivity index (χ4v) is 4.56. The molecule has 5 nitrogen and oxygen atoms in total. The quantitative estimate of drug-likeness (QED) is 0.693. The molecule has 3 heterocycles. The Balaban J connectivity index is 1.43. The molecule has 0 N–H and O–H groups in total. The summed E-state index contributed by atoms with van der Waals surface area (Å²) in [6.45, 7) is 4.29. The Morgan fingerprint density at radius 1 is 0.852 bits per heavy atom. The fourth-order valence-electron chi connectivity index (χ4n) is 4.56. The first-order valence-corrected chi connectivity index (χ1v) is 10.2. The van der Waals surface area contributed by atoms with Gasteiger partial charge in [-0.15, -0.1) is 0 Å². The van der Waals surface area contributed by atoms with Crippen LogP contribution in [0.1, 0.15) is 32.1 Å². The van der Waals surface area contributed by atoms with Crippen molar-refractivity contribution in [2.45, 2.75) is 38.1 Å². The molecule has 27 heavy (non-hydrogen) atoms. The number of hydrogen-bond donors (Lipinski definition) is 0. The van der Waals surface area contributed by atoms with Gasteiger partial charge < -0.3 is 9.32 Å². The zero-order chi connectivity index (χ0) is 18.1. The second-order valence-corrected chi connectivity index (χ2v) is 7.68. The molecule has 1 saturated carbocycles. The Morgan fingerprint density at radius 2 is 1.67 bits per heavy atom.